The molecule has 0 N–H and O–H groups in total. The SMILES string of the molecule is O=C(c1cnc(C(F)(F)F)nc1)N1CCCC1. The van der Waals surface area contributed by atoms with E-state index in [2.05, 4.69) is 9.97 Å². The summed E-state index contributed by atoms with van der Waals surface area (Å²) in [5.41, 5.74) is 0.0971. The molecule has 1 fully saturated rings. The van der Waals surface area contributed by atoms with Gasteiger partial charge in [0.1, 0.15) is 0 Å². The van der Waals surface area contributed by atoms with Gasteiger partial charge in [0.25, 0.3) is 5.91 Å². The van der Waals surface area contributed by atoms with Crippen molar-refractivity contribution in [2.24, 2.45) is 0 Å². The van der Waals surface area contributed by atoms with E-state index in [1.54, 1.807) is 4.90 Å². The third-order valence-electron chi connectivity index (χ3n) is 2.55. The predicted octanol–water partition coefficient (Wildman–Crippen LogP) is 1.73. The Bertz CT molecular complexity index is 410. The van der Waals surface area contributed by atoms with Gasteiger partial charge in [-0.25, -0.2) is 9.97 Å². The topological polar surface area (TPSA) is 46.1 Å². The molecule has 0 unspecified atom stereocenters. The Morgan fingerprint density at radius 2 is 1.71 bits per heavy atom. The van der Waals surface area contributed by atoms with Gasteiger partial charge in [0.05, 0.1) is 5.56 Å². The van der Waals surface area contributed by atoms with Crippen molar-refractivity contribution in [2.45, 2.75) is 19.0 Å². The van der Waals surface area contributed by atoms with Crippen LogP contribution in [0, 0.1) is 0 Å². The zero-order chi connectivity index (χ0) is 12.5. The van der Waals surface area contributed by atoms with Crippen LogP contribution in [0.1, 0.15) is 29.0 Å². The number of likely N-dealkylation sites (tertiary alicyclic amines) is 1. The Labute approximate surface area is 95.5 Å². The maximum atomic E-state index is 12.2. The normalized spacial score (nSPS) is 16.3. The smallest absolute Gasteiger partial charge is 0.339 e. The molecule has 1 amide bonds. The van der Waals surface area contributed by atoms with Crippen molar-refractivity contribution in [1.82, 2.24) is 14.9 Å². The minimum atomic E-state index is -4.57. The minimum absolute atomic E-state index is 0.0971. The van der Waals surface area contributed by atoms with Crippen LogP contribution in [0.25, 0.3) is 0 Å². The van der Waals surface area contributed by atoms with Crippen LogP contribution in [0.2, 0.25) is 0 Å². The molecule has 17 heavy (non-hydrogen) atoms. The molecule has 7 heteroatoms. The zero-order valence-corrected chi connectivity index (χ0v) is 8.87. The highest BCUT2D eigenvalue weighted by atomic mass is 19.4. The van der Waals surface area contributed by atoms with Gasteiger partial charge in [0, 0.05) is 25.5 Å². The number of alkyl halides is 3. The number of amides is 1. The molecule has 0 bridgehead atoms. The van der Waals surface area contributed by atoms with Gasteiger partial charge in [-0.15, -0.1) is 0 Å². The highest BCUT2D eigenvalue weighted by molar-refractivity contribution is 5.93. The lowest BCUT2D eigenvalue weighted by Crippen LogP contribution is -2.28. The summed E-state index contributed by atoms with van der Waals surface area (Å²) in [6.45, 7) is 1.28. The number of nitrogens with zero attached hydrogens (tertiary/aromatic N) is 3. The Balaban J connectivity index is 2.15. The molecule has 92 valence electrons. The van der Waals surface area contributed by atoms with Gasteiger partial charge in [0.2, 0.25) is 5.82 Å². The standard InChI is InChI=1S/C10H10F3N3O/c11-10(12,13)9-14-5-7(6-15-9)8(17)16-3-1-2-4-16/h5-6H,1-4H2. The Morgan fingerprint density at radius 3 is 2.18 bits per heavy atom. The average molecular weight is 245 g/mol. The summed E-state index contributed by atoms with van der Waals surface area (Å²) in [5, 5.41) is 0. The number of hydrogen-bond acceptors (Lipinski definition) is 3. The van der Waals surface area contributed by atoms with Crippen molar-refractivity contribution < 1.29 is 18.0 Å². The first-order valence-corrected chi connectivity index (χ1v) is 5.17. The number of halogens is 3. The van der Waals surface area contributed by atoms with Crippen LogP contribution >= 0.6 is 0 Å². The molecule has 1 aromatic heterocycles. The summed E-state index contributed by atoms with van der Waals surface area (Å²) in [7, 11) is 0. The number of carbonyl (C=O) groups is 1. The van der Waals surface area contributed by atoms with Crippen LogP contribution in [0.15, 0.2) is 12.4 Å². The van der Waals surface area contributed by atoms with Gasteiger partial charge in [-0.1, -0.05) is 0 Å². The monoisotopic (exact) mass is 245 g/mol. The highest BCUT2D eigenvalue weighted by Crippen LogP contribution is 2.25. The van der Waals surface area contributed by atoms with Crippen molar-refractivity contribution >= 4 is 5.91 Å². The fraction of sp³-hybridized carbons (Fsp3) is 0.500. The summed E-state index contributed by atoms with van der Waals surface area (Å²) in [6, 6.07) is 0. The van der Waals surface area contributed by atoms with Crippen LogP contribution < -0.4 is 0 Å². The molecule has 0 atom stereocenters. The molecule has 1 aliphatic heterocycles. The highest BCUT2D eigenvalue weighted by Gasteiger charge is 2.34. The van der Waals surface area contributed by atoms with E-state index in [-0.39, 0.29) is 11.5 Å². The molecule has 2 rings (SSSR count). The molecule has 0 aliphatic carbocycles. The zero-order valence-electron chi connectivity index (χ0n) is 8.87. The fourth-order valence-electron chi connectivity index (χ4n) is 1.69. The van der Waals surface area contributed by atoms with Crippen LogP contribution in [0.3, 0.4) is 0 Å². The molecule has 0 aromatic carbocycles. The van der Waals surface area contributed by atoms with Crippen LogP contribution in [-0.4, -0.2) is 33.9 Å². The first-order valence-electron chi connectivity index (χ1n) is 5.17. The van der Waals surface area contributed by atoms with Crippen molar-refractivity contribution in [2.75, 3.05) is 13.1 Å². The summed E-state index contributed by atoms with van der Waals surface area (Å²) in [6.07, 6.45) is -0.872. The quantitative estimate of drug-likeness (QED) is 0.757. The Hall–Kier alpha value is -1.66. The van der Waals surface area contributed by atoms with Gasteiger partial charge < -0.3 is 4.90 Å². The number of carbonyl (C=O) groups excluding carboxylic acids is 1. The second-order valence-corrected chi connectivity index (χ2v) is 3.79. The van der Waals surface area contributed by atoms with Crippen molar-refractivity contribution in [3.63, 3.8) is 0 Å². The van der Waals surface area contributed by atoms with E-state index in [1.165, 1.54) is 0 Å². The van der Waals surface area contributed by atoms with Crippen molar-refractivity contribution in [1.29, 1.82) is 0 Å². The van der Waals surface area contributed by atoms with Crippen molar-refractivity contribution in [3.8, 4) is 0 Å². The van der Waals surface area contributed by atoms with E-state index in [4.69, 9.17) is 0 Å². The minimum Gasteiger partial charge on any atom is -0.339 e. The Morgan fingerprint density at radius 1 is 1.18 bits per heavy atom. The van der Waals surface area contributed by atoms with Crippen LogP contribution in [-0.2, 0) is 6.18 Å². The third-order valence-corrected chi connectivity index (χ3v) is 2.55. The van der Waals surface area contributed by atoms with E-state index in [0.717, 1.165) is 25.2 Å². The third kappa shape index (κ3) is 2.54. The number of rotatable bonds is 1. The van der Waals surface area contributed by atoms with E-state index >= 15 is 0 Å². The molecular weight excluding hydrogens is 235 g/mol. The van der Waals surface area contributed by atoms with Crippen LogP contribution in [0.5, 0.6) is 0 Å². The second kappa shape index (κ2) is 4.31. The molecule has 1 aromatic rings. The molecule has 2 heterocycles. The summed E-state index contributed by atoms with van der Waals surface area (Å²) < 4.78 is 36.6. The van der Waals surface area contributed by atoms with E-state index in [0.29, 0.717) is 13.1 Å². The lowest BCUT2D eigenvalue weighted by molar-refractivity contribution is -0.145. The molecule has 1 aliphatic rings. The molecule has 0 saturated carbocycles. The molecule has 1 saturated heterocycles. The number of hydrogen-bond donors (Lipinski definition) is 0. The first kappa shape index (κ1) is 11.8. The molecule has 0 spiro atoms. The van der Waals surface area contributed by atoms with Gasteiger partial charge in [-0.05, 0) is 12.8 Å². The van der Waals surface area contributed by atoms with Crippen LogP contribution in [0.4, 0.5) is 13.2 Å². The average Bonchev–Trinajstić information content (AvgIpc) is 2.80. The second-order valence-electron chi connectivity index (χ2n) is 3.79. The fourth-order valence-corrected chi connectivity index (χ4v) is 1.69. The number of aromatic nitrogens is 2. The van der Waals surface area contributed by atoms with Gasteiger partial charge in [-0.2, -0.15) is 13.2 Å². The summed E-state index contributed by atoms with van der Waals surface area (Å²) >= 11 is 0. The van der Waals surface area contributed by atoms with E-state index in [1.807, 2.05) is 0 Å². The van der Waals surface area contributed by atoms with E-state index < -0.39 is 12.0 Å². The van der Waals surface area contributed by atoms with Gasteiger partial charge in [0.15, 0.2) is 0 Å². The summed E-state index contributed by atoms with van der Waals surface area (Å²) in [4.78, 5) is 19.7. The predicted molar refractivity (Wildman–Crippen MR) is 52.2 cm³/mol. The van der Waals surface area contributed by atoms with Gasteiger partial charge >= 0.3 is 6.18 Å². The van der Waals surface area contributed by atoms with Gasteiger partial charge in [-0.3, -0.25) is 4.79 Å². The molecule has 4 nitrogen and oxygen atoms in total. The first-order chi connectivity index (χ1) is 7.98. The van der Waals surface area contributed by atoms with E-state index in [9.17, 15) is 18.0 Å². The Kier molecular flexibility index (Phi) is 2.99. The van der Waals surface area contributed by atoms with Crippen molar-refractivity contribution in [3.05, 3.63) is 23.8 Å². The lowest BCUT2D eigenvalue weighted by Gasteiger charge is -2.14. The summed E-state index contributed by atoms with van der Waals surface area (Å²) in [5.74, 6) is -1.54. The maximum Gasteiger partial charge on any atom is 0.451 e. The molecule has 0 radical (unpaired) electrons. The molecular formula is C10H10F3N3O. The largest absolute Gasteiger partial charge is 0.451 e. The maximum absolute atomic E-state index is 12.2. The lowest BCUT2D eigenvalue weighted by atomic mass is 10.3.